The number of carbonyl (C=O) groups excluding carboxylic acids is 1. The van der Waals surface area contributed by atoms with Crippen molar-refractivity contribution in [1.82, 2.24) is 5.43 Å². The molecule has 4 nitrogen and oxygen atoms in total. The number of nitrogens with one attached hydrogen (secondary N) is 1. The molecule has 108 valence electrons. The lowest BCUT2D eigenvalue weighted by Crippen LogP contribution is -2.17. The minimum atomic E-state index is -0.408. The van der Waals surface area contributed by atoms with E-state index in [4.69, 9.17) is 23.2 Å². The summed E-state index contributed by atoms with van der Waals surface area (Å²) in [5, 5.41) is 14.5. The molecule has 0 aliphatic heterocycles. The summed E-state index contributed by atoms with van der Waals surface area (Å²) in [5.74, 6) is -0.422. The van der Waals surface area contributed by atoms with Gasteiger partial charge < -0.3 is 5.11 Å². The molecule has 0 saturated carbocycles. The lowest BCUT2D eigenvalue weighted by atomic mass is 10.2. The molecule has 0 bridgehead atoms. The molecule has 1 amide bonds. The Balaban J connectivity index is 2.11. The maximum atomic E-state index is 11.8. The van der Waals surface area contributed by atoms with Crippen molar-refractivity contribution in [1.29, 1.82) is 0 Å². The van der Waals surface area contributed by atoms with Crippen molar-refractivity contribution in [2.75, 3.05) is 0 Å². The van der Waals surface area contributed by atoms with Crippen molar-refractivity contribution in [2.45, 2.75) is 0 Å². The monoisotopic (exact) mass is 386 g/mol. The molecule has 2 aromatic rings. The molecule has 0 spiro atoms. The molecule has 2 aromatic carbocycles. The van der Waals surface area contributed by atoms with Gasteiger partial charge in [-0.3, -0.25) is 4.79 Å². The van der Waals surface area contributed by atoms with E-state index >= 15 is 0 Å². The molecule has 21 heavy (non-hydrogen) atoms. The van der Waals surface area contributed by atoms with Gasteiger partial charge in [0.15, 0.2) is 0 Å². The van der Waals surface area contributed by atoms with E-state index in [9.17, 15) is 9.90 Å². The number of amides is 1. The number of benzene rings is 2. The summed E-state index contributed by atoms with van der Waals surface area (Å²) in [7, 11) is 0. The van der Waals surface area contributed by atoms with E-state index < -0.39 is 5.91 Å². The van der Waals surface area contributed by atoms with E-state index in [-0.39, 0.29) is 5.75 Å². The first kappa shape index (κ1) is 15.8. The third-order valence-corrected chi connectivity index (χ3v) is 3.57. The van der Waals surface area contributed by atoms with Gasteiger partial charge in [0, 0.05) is 21.2 Å². The number of hydrogen-bond donors (Lipinski definition) is 2. The van der Waals surface area contributed by atoms with E-state index in [0.29, 0.717) is 25.6 Å². The van der Waals surface area contributed by atoms with Crippen LogP contribution in [0.3, 0.4) is 0 Å². The normalized spacial score (nSPS) is 10.8. The SMILES string of the molecule is O=C(N/N=C/c1cc(Cl)cc(Br)c1O)c1cccc(Cl)c1. The van der Waals surface area contributed by atoms with Crippen molar-refractivity contribution in [2.24, 2.45) is 5.10 Å². The van der Waals surface area contributed by atoms with Crippen LogP contribution in [-0.2, 0) is 0 Å². The van der Waals surface area contributed by atoms with Crippen LogP contribution in [0.15, 0.2) is 46.0 Å². The molecule has 0 radical (unpaired) electrons. The average Bonchev–Trinajstić information content (AvgIpc) is 2.43. The molecule has 0 aromatic heterocycles. The van der Waals surface area contributed by atoms with E-state index in [1.54, 1.807) is 24.3 Å². The Hall–Kier alpha value is -1.56. The van der Waals surface area contributed by atoms with Gasteiger partial charge in [0.05, 0.1) is 10.7 Å². The average molecular weight is 388 g/mol. The van der Waals surface area contributed by atoms with Crippen LogP contribution in [0.1, 0.15) is 15.9 Å². The highest BCUT2D eigenvalue weighted by atomic mass is 79.9. The zero-order valence-corrected chi connectivity index (χ0v) is 13.6. The van der Waals surface area contributed by atoms with Gasteiger partial charge >= 0.3 is 0 Å². The predicted molar refractivity (Wildman–Crippen MR) is 87.3 cm³/mol. The zero-order chi connectivity index (χ0) is 15.4. The summed E-state index contributed by atoms with van der Waals surface area (Å²) in [6.45, 7) is 0. The summed E-state index contributed by atoms with van der Waals surface area (Å²) < 4.78 is 0.442. The Bertz CT molecular complexity index is 720. The molecule has 0 atom stereocenters. The highest BCUT2D eigenvalue weighted by Gasteiger charge is 2.07. The number of nitrogens with zero attached hydrogens (tertiary/aromatic N) is 1. The molecular formula is C14H9BrCl2N2O2. The molecule has 0 aliphatic carbocycles. The molecular weight excluding hydrogens is 379 g/mol. The van der Waals surface area contributed by atoms with Crippen LogP contribution in [0.25, 0.3) is 0 Å². The Kier molecular flexibility index (Phi) is 5.22. The second kappa shape index (κ2) is 6.93. The topological polar surface area (TPSA) is 61.7 Å². The van der Waals surface area contributed by atoms with Crippen molar-refractivity contribution in [3.05, 3.63) is 62.0 Å². The molecule has 0 saturated heterocycles. The van der Waals surface area contributed by atoms with Crippen LogP contribution in [0.4, 0.5) is 0 Å². The van der Waals surface area contributed by atoms with Crippen molar-refractivity contribution in [3.8, 4) is 5.75 Å². The Labute approximate surface area is 139 Å². The molecule has 0 heterocycles. The molecule has 7 heteroatoms. The third-order valence-electron chi connectivity index (χ3n) is 2.51. The Morgan fingerprint density at radius 1 is 1.24 bits per heavy atom. The second-order valence-corrected chi connectivity index (χ2v) is 5.76. The minimum absolute atomic E-state index is 0.0137. The standard InChI is InChI=1S/C14H9BrCl2N2O2/c15-12-6-11(17)5-9(13(12)20)7-18-19-14(21)8-2-1-3-10(16)4-8/h1-7,20H,(H,19,21)/b18-7+. The summed E-state index contributed by atoms with van der Waals surface area (Å²) >= 11 is 14.8. The van der Waals surface area contributed by atoms with E-state index in [1.165, 1.54) is 18.3 Å². The lowest BCUT2D eigenvalue weighted by molar-refractivity contribution is 0.0955. The van der Waals surface area contributed by atoms with Gasteiger partial charge in [-0.1, -0.05) is 29.3 Å². The molecule has 2 N–H and O–H groups in total. The summed E-state index contributed by atoms with van der Waals surface area (Å²) in [6.07, 6.45) is 1.30. The largest absolute Gasteiger partial charge is 0.506 e. The number of aromatic hydroxyl groups is 1. The van der Waals surface area contributed by atoms with E-state index in [0.717, 1.165) is 0 Å². The van der Waals surface area contributed by atoms with Crippen LogP contribution in [0.5, 0.6) is 5.75 Å². The number of hydrogen-bond acceptors (Lipinski definition) is 3. The fourth-order valence-corrected chi connectivity index (χ4v) is 2.56. The summed E-state index contributed by atoms with van der Waals surface area (Å²) in [5.41, 5.74) is 3.10. The van der Waals surface area contributed by atoms with E-state index in [2.05, 4.69) is 26.5 Å². The predicted octanol–water partition coefficient (Wildman–Crippen LogP) is 4.23. The number of rotatable bonds is 3. The third kappa shape index (κ3) is 4.20. The number of phenols is 1. The van der Waals surface area contributed by atoms with Crippen molar-refractivity contribution < 1.29 is 9.90 Å². The smallest absolute Gasteiger partial charge is 0.271 e. The van der Waals surface area contributed by atoms with Gasteiger partial charge in [-0.15, -0.1) is 0 Å². The second-order valence-electron chi connectivity index (χ2n) is 4.03. The quantitative estimate of drug-likeness (QED) is 0.611. The van der Waals surface area contributed by atoms with Crippen LogP contribution >= 0.6 is 39.1 Å². The minimum Gasteiger partial charge on any atom is -0.506 e. The lowest BCUT2D eigenvalue weighted by Gasteiger charge is -2.03. The highest BCUT2D eigenvalue weighted by molar-refractivity contribution is 9.10. The van der Waals surface area contributed by atoms with Crippen LogP contribution in [0, 0.1) is 0 Å². The number of carbonyl (C=O) groups is 1. The van der Waals surface area contributed by atoms with Crippen LogP contribution < -0.4 is 5.43 Å². The van der Waals surface area contributed by atoms with E-state index in [1.807, 2.05) is 0 Å². The van der Waals surface area contributed by atoms with Crippen LogP contribution in [0.2, 0.25) is 10.0 Å². The molecule has 0 aliphatic rings. The summed E-state index contributed by atoms with van der Waals surface area (Å²) in [6, 6.07) is 9.56. The number of hydrazone groups is 1. The fourth-order valence-electron chi connectivity index (χ4n) is 1.54. The molecule has 2 rings (SSSR count). The fraction of sp³-hybridized carbons (Fsp3) is 0. The zero-order valence-electron chi connectivity index (χ0n) is 10.5. The number of phenolic OH excluding ortho intramolecular Hbond substituents is 1. The van der Waals surface area contributed by atoms with Crippen molar-refractivity contribution >= 4 is 51.3 Å². The summed E-state index contributed by atoms with van der Waals surface area (Å²) in [4.78, 5) is 11.8. The van der Waals surface area contributed by atoms with Gasteiger partial charge in [-0.25, -0.2) is 5.43 Å². The molecule has 0 unspecified atom stereocenters. The van der Waals surface area contributed by atoms with Crippen LogP contribution in [-0.4, -0.2) is 17.2 Å². The van der Waals surface area contributed by atoms with Gasteiger partial charge in [0.25, 0.3) is 5.91 Å². The maximum absolute atomic E-state index is 11.8. The van der Waals surface area contributed by atoms with Gasteiger partial charge in [-0.2, -0.15) is 5.10 Å². The van der Waals surface area contributed by atoms with Gasteiger partial charge in [-0.05, 0) is 46.3 Å². The highest BCUT2D eigenvalue weighted by Crippen LogP contribution is 2.30. The number of halogens is 3. The molecule has 0 fully saturated rings. The Morgan fingerprint density at radius 2 is 2.00 bits per heavy atom. The first-order chi connectivity index (χ1) is 9.97. The van der Waals surface area contributed by atoms with Crippen molar-refractivity contribution in [3.63, 3.8) is 0 Å². The Morgan fingerprint density at radius 3 is 2.71 bits per heavy atom. The van der Waals surface area contributed by atoms with Gasteiger partial charge in [0.1, 0.15) is 5.75 Å². The maximum Gasteiger partial charge on any atom is 0.271 e. The first-order valence-corrected chi connectivity index (χ1v) is 7.29. The first-order valence-electron chi connectivity index (χ1n) is 5.74. The van der Waals surface area contributed by atoms with Gasteiger partial charge in [0.2, 0.25) is 0 Å².